The zero-order chi connectivity index (χ0) is 13.9. The summed E-state index contributed by atoms with van der Waals surface area (Å²) < 4.78 is 5.63. The first-order valence-electron chi connectivity index (χ1n) is 5.71. The van der Waals surface area contributed by atoms with Gasteiger partial charge in [-0.3, -0.25) is 0 Å². The van der Waals surface area contributed by atoms with Crippen LogP contribution in [-0.2, 0) is 15.1 Å². The number of carbonyl (C=O) groups excluding carboxylic acids is 1. The summed E-state index contributed by atoms with van der Waals surface area (Å²) in [7, 11) is 1.26. The van der Waals surface area contributed by atoms with Crippen molar-refractivity contribution in [3.8, 4) is 0 Å². The Morgan fingerprint density at radius 2 is 1.58 bits per heavy atom. The van der Waals surface area contributed by atoms with Crippen molar-refractivity contribution in [3.05, 3.63) is 70.2 Å². The number of ether oxygens (including phenoxy) is 1. The standard InChI is InChI=1S/C15H13BrO3/c1-19-14(17)15(18,11-5-3-2-4-6-11)12-7-9-13(16)10-8-12/h2-10,18H,1H3/t15-/m1/s1. The quantitative estimate of drug-likeness (QED) is 0.884. The minimum Gasteiger partial charge on any atom is -0.466 e. The van der Waals surface area contributed by atoms with Crippen LogP contribution in [0.2, 0.25) is 0 Å². The van der Waals surface area contributed by atoms with E-state index in [1.165, 1.54) is 7.11 Å². The summed E-state index contributed by atoms with van der Waals surface area (Å²) in [5, 5.41) is 10.8. The van der Waals surface area contributed by atoms with Gasteiger partial charge >= 0.3 is 5.97 Å². The summed E-state index contributed by atoms with van der Waals surface area (Å²) in [5.41, 5.74) is -0.852. The maximum Gasteiger partial charge on any atom is 0.347 e. The molecule has 0 amide bonds. The van der Waals surface area contributed by atoms with Crippen molar-refractivity contribution in [3.63, 3.8) is 0 Å². The fourth-order valence-corrected chi connectivity index (χ4v) is 2.18. The van der Waals surface area contributed by atoms with E-state index in [4.69, 9.17) is 4.74 Å². The van der Waals surface area contributed by atoms with Crippen LogP contribution >= 0.6 is 15.9 Å². The van der Waals surface area contributed by atoms with E-state index in [1.54, 1.807) is 48.5 Å². The number of carbonyl (C=O) groups is 1. The van der Waals surface area contributed by atoms with Crippen LogP contribution in [0.3, 0.4) is 0 Å². The molecule has 0 aliphatic rings. The van der Waals surface area contributed by atoms with Gasteiger partial charge in [0.2, 0.25) is 5.60 Å². The Kier molecular flexibility index (Phi) is 4.02. The smallest absolute Gasteiger partial charge is 0.347 e. The first kappa shape index (κ1) is 13.8. The van der Waals surface area contributed by atoms with Crippen LogP contribution in [0.25, 0.3) is 0 Å². The zero-order valence-electron chi connectivity index (χ0n) is 10.3. The van der Waals surface area contributed by atoms with Gasteiger partial charge in [-0.2, -0.15) is 0 Å². The predicted octanol–water partition coefficient (Wildman–Crippen LogP) is 2.86. The van der Waals surface area contributed by atoms with E-state index in [0.29, 0.717) is 11.1 Å². The maximum atomic E-state index is 12.0. The average Bonchev–Trinajstić information content (AvgIpc) is 2.47. The van der Waals surface area contributed by atoms with Gasteiger partial charge in [0.25, 0.3) is 0 Å². The molecular weight excluding hydrogens is 308 g/mol. The van der Waals surface area contributed by atoms with Gasteiger partial charge in [0.1, 0.15) is 0 Å². The van der Waals surface area contributed by atoms with E-state index >= 15 is 0 Å². The lowest BCUT2D eigenvalue weighted by Gasteiger charge is -2.26. The molecule has 0 bridgehead atoms. The topological polar surface area (TPSA) is 46.5 Å². The molecule has 0 aliphatic carbocycles. The van der Waals surface area contributed by atoms with Crippen LogP contribution in [0.1, 0.15) is 11.1 Å². The van der Waals surface area contributed by atoms with Crippen molar-refractivity contribution in [1.82, 2.24) is 0 Å². The van der Waals surface area contributed by atoms with E-state index in [9.17, 15) is 9.90 Å². The fourth-order valence-electron chi connectivity index (χ4n) is 1.92. The lowest BCUT2D eigenvalue weighted by Crippen LogP contribution is -2.37. The second-order valence-corrected chi connectivity index (χ2v) is 4.99. The fraction of sp³-hybridized carbons (Fsp3) is 0.133. The molecule has 3 nitrogen and oxygen atoms in total. The number of esters is 1. The highest BCUT2D eigenvalue weighted by molar-refractivity contribution is 9.10. The Hall–Kier alpha value is -1.65. The zero-order valence-corrected chi connectivity index (χ0v) is 11.9. The molecule has 0 heterocycles. The van der Waals surface area contributed by atoms with E-state index in [0.717, 1.165) is 4.47 Å². The van der Waals surface area contributed by atoms with Crippen LogP contribution in [0.5, 0.6) is 0 Å². The molecule has 19 heavy (non-hydrogen) atoms. The summed E-state index contributed by atoms with van der Waals surface area (Å²) in [5.74, 6) is -0.707. The van der Waals surface area contributed by atoms with Crippen molar-refractivity contribution in [1.29, 1.82) is 0 Å². The van der Waals surface area contributed by atoms with Crippen LogP contribution in [0, 0.1) is 0 Å². The second kappa shape index (κ2) is 5.55. The highest BCUT2D eigenvalue weighted by Crippen LogP contribution is 2.31. The summed E-state index contributed by atoms with van der Waals surface area (Å²) >= 11 is 3.32. The van der Waals surface area contributed by atoms with Crippen LogP contribution in [0.4, 0.5) is 0 Å². The van der Waals surface area contributed by atoms with E-state index in [-0.39, 0.29) is 0 Å². The van der Waals surface area contributed by atoms with Crippen molar-refractivity contribution < 1.29 is 14.6 Å². The summed E-state index contributed by atoms with van der Waals surface area (Å²) in [6.45, 7) is 0. The monoisotopic (exact) mass is 320 g/mol. The largest absolute Gasteiger partial charge is 0.466 e. The molecule has 0 aliphatic heterocycles. The Bertz CT molecular complexity index is 566. The minimum absolute atomic E-state index is 0.466. The molecule has 1 N–H and O–H groups in total. The molecule has 2 aromatic carbocycles. The van der Waals surface area contributed by atoms with Gasteiger partial charge in [0.15, 0.2) is 0 Å². The molecular formula is C15H13BrO3. The first-order chi connectivity index (χ1) is 9.09. The highest BCUT2D eigenvalue weighted by atomic mass is 79.9. The van der Waals surface area contributed by atoms with Gasteiger partial charge in [-0.05, 0) is 23.3 Å². The molecule has 0 fully saturated rings. The molecule has 4 heteroatoms. The molecule has 98 valence electrons. The summed E-state index contributed by atoms with van der Waals surface area (Å²) in [6.07, 6.45) is 0. The Morgan fingerprint density at radius 3 is 2.11 bits per heavy atom. The third-order valence-electron chi connectivity index (χ3n) is 2.93. The van der Waals surface area contributed by atoms with Crippen molar-refractivity contribution in [2.45, 2.75) is 5.60 Å². The molecule has 0 unspecified atom stereocenters. The molecule has 0 aromatic heterocycles. The second-order valence-electron chi connectivity index (χ2n) is 4.07. The van der Waals surface area contributed by atoms with Crippen molar-refractivity contribution >= 4 is 21.9 Å². The van der Waals surface area contributed by atoms with Gasteiger partial charge in [-0.15, -0.1) is 0 Å². The van der Waals surface area contributed by atoms with Crippen LogP contribution < -0.4 is 0 Å². The maximum absolute atomic E-state index is 12.0. The lowest BCUT2D eigenvalue weighted by molar-refractivity contribution is -0.158. The first-order valence-corrected chi connectivity index (χ1v) is 6.50. The number of benzene rings is 2. The average molecular weight is 321 g/mol. The van der Waals surface area contributed by atoms with E-state index in [2.05, 4.69) is 15.9 Å². The van der Waals surface area contributed by atoms with Gasteiger partial charge in [0.05, 0.1) is 7.11 Å². The molecule has 0 spiro atoms. The molecule has 1 atom stereocenters. The van der Waals surface area contributed by atoms with E-state index < -0.39 is 11.6 Å². The highest BCUT2D eigenvalue weighted by Gasteiger charge is 2.41. The number of aliphatic hydroxyl groups is 1. The van der Waals surface area contributed by atoms with E-state index in [1.807, 2.05) is 6.07 Å². The normalized spacial score (nSPS) is 13.6. The third-order valence-corrected chi connectivity index (χ3v) is 3.46. The third kappa shape index (κ3) is 2.55. The molecule has 0 saturated carbocycles. The van der Waals surface area contributed by atoms with Gasteiger partial charge in [-0.25, -0.2) is 4.79 Å². The number of methoxy groups -OCH3 is 1. The number of rotatable bonds is 3. The Morgan fingerprint density at radius 1 is 1.05 bits per heavy atom. The lowest BCUT2D eigenvalue weighted by atomic mass is 9.86. The molecule has 2 rings (SSSR count). The number of hydrogen-bond donors (Lipinski definition) is 1. The Balaban J connectivity index is 2.58. The van der Waals surface area contributed by atoms with Crippen LogP contribution in [-0.4, -0.2) is 18.2 Å². The van der Waals surface area contributed by atoms with Crippen molar-refractivity contribution in [2.75, 3.05) is 7.11 Å². The van der Waals surface area contributed by atoms with Gasteiger partial charge in [0, 0.05) is 4.47 Å². The minimum atomic E-state index is -1.79. The summed E-state index contributed by atoms with van der Waals surface area (Å²) in [6, 6.07) is 15.7. The molecule has 2 aromatic rings. The van der Waals surface area contributed by atoms with Crippen molar-refractivity contribution in [2.24, 2.45) is 0 Å². The van der Waals surface area contributed by atoms with Crippen LogP contribution in [0.15, 0.2) is 59.1 Å². The molecule has 0 saturated heterocycles. The predicted molar refractivity (Wildman–Crippen MR) is 75.6 cm³/mol. The Labute approximate surface area is 120 Å². The SMILES string of the molecule is COC(=O)[C@@](O)(c1ccccc1)c1ccc(Br)cc1. The summed E-state index contributed by atoms with van der Waals surface area (Å²) in [4.78, 5) is 12.0. The molecule has 0 radical (unpaired) electrons. The van der Waals surface area contributed by atoms with Gasteiger partial charge in [-0.1, -0.05) is 58.4 Å². The number of hydrogen-bond acceptors (Lipinski definition) is 3. The van der Waals surface area contributed by atoms with Gasteiger partial charge < -0.3 is 9.84 Å². The number of halogens is 1.